The van der Waals surface area contributed by atoms with Gasteiger partial charge in [-0.1, -0.05) is 0 Å². The predicted octanol–water partition coefficient (Wildman–Crippen LogP) is -2.39. The molecule has 15 heavy (non-hydrogen) atoms. The van der Waals surface area contributed by atoms with Crippen molar-refractivity contribution >= 4 is 17.3 Å². The number of aliphatic hydroxyl groups excluding tert-OH is 3. The molecule has 7 heteroatoms. The standard InChI is InChI=1S/C8H14N2O4S/c1-10-7-4(9-8(10)15)5(13)6(14-7)3(12)2-11/h3-7,11-13H,2H2,1H3,(H,9,15). The zero-order chi connectivity index (χ0) is 11.2. The maximum Gasteiger partial charge on any atom is 0.171 e. The van der Waals surface area contributed by atoms with Crippen molar-refractivity contribution in [2.45, 2.75) is 30.6 Å². The Labute approximate surface area is 92.4 Å². The van der Waals surface area contributed by atoms with Gasteiger partial charge in [-0.3, -0.25) is 0 Å². The summed E-state index contributed by atoms with van der Waals surface area (Å²) in [6.07, 6.45) is -3.10. The number of nitrogens with zero attached hydrogens (tertiary/aromatic N) is 1. The van der Waals surface area contributed by atoms with E-state index >= 15 is 0 Å². The summed E-state index contributed by atoms with van der Waals surface area (Å²) in [4.78, 5) is 1.69. The SMILES string of the molecule is CN1C(=S)NC2C(O)C(C(O)CO)OC21. The summed E-state index contributed by atoms with van der Waals surface area (Å²) in [5.74, 6) is 0. The summed E-state index contributed by atoms with van der Waals surface area (Å²) in [7, 11) is 1.75. The monoisotopic (exact) mass is 234 g/mol. The highest BCUT2D eigenvalue weighted by Crippen LogP contribution is 2.29. The molecule has 0 bridgehead atoms. The van der Waals surface area contributed by atoms with E-state index < -0.39 is 24.9 Å². The van der Waals surface area contributed by atoms with E-state index in [-0.39, 0.29) is 12.3 Å². The highest BCUT2D eigenvalue weighted by atomic mass is 32.1. The molecule has 0 spiro atoms. The normalized spacial score (nSPS) is 41.6. The van der Waals surface area contributed by atoms with E-state index in [4.69, 9.17) is 22.1 Å². The Morgan fingerprint density at radius 2 is 2.33 bits per heavy atom. The van der Waals surface area contributed by atoms with Crippen LogP contribution in [0.4, 0.5) is 0 Å². The molecule has 6 nitrogen and oxygen atoms in total. The van der Waals surface area contributed by atoms with Gasteiger partial charge in [0.1, 0.15) is 24.4 Å². The van der Waals surface area contributed by atoms with E-state index in [1.165, 1.54) is 0 Å². The van der Waals surface area contributed by atoms with Gasteiger partial charge in [-0.25, -0.2) is 0 Å². The van der Waals surface area contributed by atoms with E-state index in [9.17, 15) is 10.2 Å². The van der Waals surface area contributed by atoms with E-state index in [0.29, 0.717) is 5.11 Å². The van der Waals surface area contributed by atoms with Crippen LogP contribution in [-0.2, 0) is 4.74 Å². The molecule has 86 valence electrons. The van der Waals surface area contributed by atoms with Crippen LogP contribution < -0.4 is 5.32 Å². The number of ether oxygens (including phenoxy) is 1. The molecule has 0 aromatic carbocycles. The minimum absolute atomic E-state index is 0.339. The van der Waals surface area contributed by atoms with Crippen molar-refractivity contribution in [3.63, 3.8) is 0 Å². The molecule has 5 unspecified atom stereocenters. The highest BCUT2D eigenvalue weighted by molar-refractivity contribution is 7.80. The molecule has 0 radical (unpaired) electrons. The molecule has 2 saturated heterocycles. The summed E-state index contributed by atoms with van der Waals surface area (Å²) in [6, 6.07) is -0.339. The van der Waals surface area contributed by atoms with E-state index in [2.05, 4.69) is 5.32 Å². The fraction of sp³-hybridized carbons (Fsp3) is 0.875. The van der Waals surface area contributed by atoms with Gasteiger partial charge in [0, 0.05) is 7.05 Å². The summed E-state index contributed by atoms with van der Waals surface area (Å²) < 4.78 is 5.45. The fourth-order valence-corrected chi connectivity index (χ4v) is 2.21. The summed E-state index contributed by atoms with van der Waals surface area (Å²) in [6.45, 7) is -0.435. The van der Waals surface area contributed by atoms with Crippen LogP contribution in [0.2, 0.25) is 0 Å². The second-order valence-electron chi connectivity index (χ2n) is 3.82. The lowest BCUT2D eigenvalue weighted by Crippen LogP contribution is -2.45. The number of nitrogens with one attached hydrogen (secondary N) is 1. The van der Waals surface area contributed by atoms with E-state index in [0.717, 1.165) is 0 Å². The molecule has 2 fully saturated rings. The Morgan fingerprint density at radius 3 is 2.87 bits per heavy atom. The minimum atomic E-state index is -1.07. The third kappa shape index (κ3) is 1.60. The Kier molecular flexibility index (Phi) is 2.82. The van der Waals surface area contributed by atoms with Crippen LogP contribution in [0.25, 0.3) is 0 Å². The van der Waals surface area contributed by atoms with Crippen molar-refractivity contribution in [1.82, 2.24) is 10.2 Å². The summed E-state index contributed by atoms with van der Waals surface area (Å²) >= 11 is 4.99. The molecule has 2 heterocycles. The lowest BCUT2D eigenvalue weighted by Gasteiger charge is -2.23. The number of hydrogen-bond donors (Lipinski definition) is 4. The van der Waals surface area contributed by atoms with Gasteiger partial charge >= 0.3 is 0 Å². The Balaban J connectivity index is 2.11. The van der Waals surface area contributed by atoms with Crippen molar-refractivity contribution in [3.8, 4) is 0 Å². The van der Waals surface area contributed by atoms with Crippen molar-refractivity contribution in [2.75, 3.05) is 13.7 Å². The quantitative estimate of drug-likeness (QED) is 0.397. The number of aliphatic hydroxyl groups is 3. The Morgan fingerprint density at radius 1 is 1.67 bits per heavy atom. The largest absolute Gasteiger partial charge is 0.394 e. The van der Waals surface area contributed by atoms with E-state index in [1.54, 1.807) is 11.9 Å². The van der Waals surface area contributed by atoms with Gasteiger partial charge in [0.15, 0.2) is 11.3 Å². The van der Waals surface area contributed by atoms with Gasteiger partial charge in [0.2, 0.25) is 0 Å². The van der Waals surface area contributed by atoms with Crippen molar-refractivity contribution in [2.24, 2.45) is 0 Å². The van der Waals surface area contributed by atoms with Crippen LogP contribution in [0.15, 0.2) is 0 Å². The van der Waals surface area contributed by atoms with Crippen LogP contribution in [-0.4, -0.2) is 69.6 Å². The Bertz CT molecular complexity index is 277. The minimum Gasteiger partial charge on any atom is -0.394 e. The average Bonchev–Trinajstić information content (AvgIpc) is 2.68. The molecule has 0 aromatic rings. The topological polar surface area (TPSA) is 85.2 Å². The van der Waals surface area contributed by atoms with Gasteiger partial charge in [-0.2, -0.15) is 0 Å². The number of likely N-dealkylation sites (N-methyl/N-ethyl adjacent to an activating group) is 1. The van der Waals surface area contributed by atoms with Gasteiger partial charge in [-0.15, -0.1) is 0 Å². The lowest BCUT2D eigenvalue weighted by atomic mass is 10.0. The van der Waals surface area contributed by atoms with Crippen LogP contribution in [0, 0.1) is 0 Å². The summed E-state index contributed by atoms with van der Waals surface area (Å²) in [5.41, 5.74) is 0. The molecular weight excluding hydrogens is 220 g/mol. The first-order valence-corrected chi connectivity index (χ1v) is 5.13. The molecule has 5 atom stereocenters. The molecule has 0 amide bonds. The maximum absolute atomic E-state index is 9.85. The molecule has 4 N–H and O–H groups in total. The van der Waals surface area contributed by atoms with Gasteiger partial charge in [-0.05, 0) is 12.2 Å². The number of fused-ring (bicyclic) bond motifs is 1. The van der Waals surface area contributed by atoms with Crippen LogP contribution >= 0.6 is 12.2 Å². The third-order valence-corrected chi connectivity index (χ3v) is 3.27. The molecule has 0 saturated carbocycles. The third-order valence-electron chi connectivity index (χ3n) is 2.87. The number of hydrogen-bond acceptors (Lipinski definition) is 5. The predicted molar refractivity (Wildman–Crippen MR) is 55.0 cm³/mol. The van der Waals surface area contributed by atoms with Crippen molar-refractivity contribution in [3.05, 3.63) is 0 Å². The molecule has 2 rings (SSSR count). The Hall–Kier alpha value is -0.470. The second kappa shape index (κ2) is 3.84. The van der Waals surface area contributed by atoms with E-state index in [1.807, 2.05) is 0 Å². The summed E-state index contributed by atoms with van der Waals surface area (Å²) in [5, 5.41) is 31.5. The highest BCUT2D eigenvalue weighted by Gasteiger charge is 2.52. The van der Waals surface area contributed by atoms with Crippen molar-refractivity contribution < 1.29 is 20.1 Å². The zero-order valence-corrected chi connectivity index (χ0v) is 9.02. The lowest BCUT2D eigenvalue weighted by molar-refractivity contribution is -0.0989. The molecule has 2 aliphatic heterocycles. The first-order valence-electron chi connectivity index (χ1n) is 4.72. The van der Waals surface area contributed by atoms with Crippen molar-refractivity contribution in [1.29, 1.82) is 0 Å². The maximum atomic E-state index is 9.85. The zero-order valence-electron chi connectivity index (χ0n) is 8.20. The first kappa shape index (κ1) is 11.0. The van der Waals surface area contributed by atoms with Gasteiger partial charge in [0.25, 0.3) is 0 Å². The molecule has 2 aliphatic rings. The number of thiocarbonyl (C=S) groups is 1. The average molecular weight is 234 g/mol. The van der Waals surface area contributed by atoms with Gasteiger partial charge < -0.3 is 30.3 Å². The van der Waals surface area contributed by atoms with Crippen LogP contribution in [0.5, 0.6) is 0 Å². The van der Waals surface area contributed by atoms with Gasteiger partial charge in [0.05, 0.1) is 6.61 Å². The number of rotatable bonds is 2. The molecule has 0 aliphatic carbocycles. The van der Waals surface area contributed by atoms with Crippen LogP contribution in [0.1, 0.15) is 0 Å². The fourth-order valence-electron chi connectivity index (χ4n) is 1.97. The smallest absolute Gasteiger partial charge is 0.171 e. The second-order valence-corrected chi connectivity index (χ2v) is 4.20. The molecule has 0 aromatic heterocycles. The first-order chi connectivity index (χ1) is 7.06. The molecular formula is C8H14N2O4S. The van der Waals surface area contributed by atoms with Crippen LogP contribution in [0.3, 0.4) is 0 Å².